The number of rotatable bonds is 3. The summed E-state index contributed by atoms with van der Waals surface area (Å²) in [5.41, 5.74) is 5.45. The van der Waals surface area contributed by atoms with Crippen LogP contribution in [0, 0.1) is 0 Å². The molecule has 0 aromatic carbocycles. The van der Waals surface area contributed by atoms with Crippen molar-refractivity contribution >= 4 is 34.2 Å². The summed E-state index contributed by atoms with van der Waals surface area (Å²) in [4.78, 5) is 38.6. The predicted octanol–water partition coefficient (Wildman–Crippen LogP) is -0.811. The number of piperidine rings is 1. The monoisotopic (exact) mass is 268 g/mol. The minimum Gasteiger partial charge on any atom is -0.375 e. The number of imide groups is 1. The number of anilines is 1. The van der Waals surface area contributed by atoms with Crippen LogP contribution in [-0.4, -0.2) is 28.7 Å². The summed E-state index contributed by atoms with van der Waals surface area (Å²) >= 11 is 1.23. The van der Waals surface area contributed by atoms with E-state index in [2.05, 4.69) is 15.6 Å². The molecule has 1 aliphatic rings. The Morgan fingerprint density at radius 1 is 1.61 bits per heavy atom. The van der Waals surface area contributed by atoms with E-state index < -0.39 is 11.9 Å². The van der Waals surface area contributed by atoms with Gasteiger partial charge in [0.2, 0.25) is 17.7 Å². The molecule has 1 aromatic heterocycles. The molecule has 2 rings (SSSR count). The van der Waals surface area contributed by atoms with Gasteiger partial charge in [0.05, 0.1) is 6.42 Å². The van der Waals surface area contributed by atoms with Crippen LogP contribution in [0.4, 0.5) is 5.13 Å². The lowest BCUT2D eigenvalue weighted by molar-refractivity contribution is -0.137. The molecular formula is C10H12N4O3S. The minimum atomic E-state index is -0.638. The topological polar surface area (TPSA) is 114 Å². The number of carbonyl (C=O) groups is 3. The maximum Gasteiger partial charge on any atom is 0.249 e. The summed E-state index contributed by atoms with van der Waals surface area (Å²) in [7, 11) is 0. The van der Waals surface area contributed by atoms with Crippen molar-refractivity contribution in [3.05, 3.63) is 11.1 Å². The smallest absolute Gasteiger partial charge is 0.249 e. The molecule has 1 aromatic rings. The molecule has 0 radical (unpaired) electrons. The number of hydrogen-bond acceptors (Lipinski definition) is 6. The molecule has 1 atom stereocenters. The number of nitrogen functional groups attached to an aromatic ring is 1. The van der Waals surface area contributed by atoms with Gasteiger partial charge >= 0.3 is 0 Å². The second kappa shape index (κ2) is 5.13. The highest BCUT2D eigenvalue weighted by Crippen LogP contribution is 2.15. The Morgan fingerprint density at radius 3 is 3.00 bits per heavy atom. The van der Waals surface area contributed by atoms with Crippen molar-refractivity contribution < 1.29 is 14.4 Å². The summed E-state index contributed by atoms with van der Waals surface area (Å²) in [5, 5.41) is 5.16. The first kappa shape index (κ1) is 12.5. The van der Waals surface area contributed by atoms with Crippen molar-refractivity contribution in [1.29, 1.82) is 0 Å². The van der Waals surface area contributed by atoms with Gasteiger partial charge in [-0.25, -0.2) is 4.98 Å². The predicted molar refractivity (Wildman–Crippen MR) is 64.5 cm³/mol. The van der Waals surface area contributed by atoms with E-state index in [4.69, 9.17) is 5.73 Å². The third-order valence-corrected chi connectivity index (χ3v) is 3.31. The van der Waals surface area contributed by atoms with Gasteiger partial charge in [0.25, 0.3) is 0 Å². The fourth-order valence-corrected chi connectivity index (χ4v) is 2.32. The molecule has 3 amide bonds. The zero-order valence-corrected chi connectivity index (χ0v) is 10.3. The zero-order chi connectivity index (χ0) is 13.1. The van der Waals surface area contributed by atoms with Crippen LogP contribution in [0.2, 0.25) is 0 Å². The van der Waals surface area contributed by atoms with E-state index in [1.54, 1.807) is 0 Å². The first-order chi connectivity index (χ1) is 8.54. The van der Waals surface area contributed by atoms with E-state index in [9.17, 15) is 14.4 Å². The van der Waals surface area contributed by atoms with Crippen molar-refractivity contribution in [1.82, 2.24) is 15.6 Å². The Balaban J connectivity index is 1.87. The molecule has 1 fully saturated rings. The van der Waals surface area contributed by atoms with Gasteiger partial charge in [0.1, 0.15) is 6.04 Å². The van der Waals surface area contributed by atoms with Gasteiger partial charge in [-0.3, -0.25) is 19.7 Å². The van der Waals surface area contributed by atoms with Gasteiger partial charge in [-0.05, 0) is 6.42 Å². The van der Waals surface area contributed by atoms with Crippen LogP contribution in [0.1, 0.15) is 17.7 Å². The highest BCUT2D eigenvalue weighted by atomic mass is 32.1. The Bertz CT molecular complexity index is 499. The number of amides is 3. The standard InChI is InChI=1S/C10H12N4O3S/c11-10-12-4-5(18-10)3-8(16)13-6-1-2-7(15)14-9(6)17/h4,6H,1-3H2,(H2,11,12)(H,13,16)(H,14,15,17). The molecule has 0 bridgehead atoms. The molecule has 1 aliphatic heterocycles. The van der Waals surface area contributed by atoms with Gasteiger partial charge in [0.15, 0.2) is 5.13 Å². The van der Waals surface area contributed by atoms with Gasteiger partial charge in [-0.15, -0.1) is 11.3 Å². The number of hydrogen-bond donors (Lipinski definition) is 3. The number of nitrogens with two attached hydrogens (primary N) is 1. The maximum absolute atomic E-state index is 11.7. The van der Waals surface area contributed by atoms with E-state index in [0.29, 0.717) is 11.6 Å². The van der Waals surface area contributed by atoms with Gasteiger partial charge in [0, 0.05) is 17.5 Å². The van der Waals surface area contributed by atoms with Crippen molar-refractivity contribution in [2.24, 2.45) is 0 Å². The number of nitrogens with zero attached hydrogens (tertiary/aromatic N) is 1. The lowest BCUT2D eigenvalue weighted by Gasteiger charge is -2.21. The Morgan fingerprint density at radius 2 is 2.39 bits per heavy atom. The second-order valence-electron chi connectivity index (χ2n) is 3.91. The lowest BCUT2D eigenvalue weighted by Crippen LogP contribution is -2.52. The average molecular weight is 268 g/mol. The van der Waals surface area contributed by atoms with Crippen molar-refractivity contribution in [2.75, 3.05) is 5.73 Å². The van der Waals surface area contributed by atoms with Crippen molar-refractivity contribution in [3.8, 4) is 0 Å². The molecule has 96 valence electrons. The molecule has 0 aliphatic carbocycles. The van der Waals surface area contributed by atoms with Crippen LogP contribution >= 0.6 is 11.3 Å². The minimum absolute atomic E-state index is 0.132. The van der Waals surface area contributed by atoms with E-state index in [-0.39, 0.29) is 24.7 Å². The number of thiazole rings is 1. The van der Waals surface area contributed by atoms with Crippen LogP contribution < -0.4 is 16.4 Å². The van der Waals surface area contributed by atoms with E-state index in [0.717, 1.165) is 4.88 Å². The fourth-order valence-electron chi connectivity index (χ4n) is 1.64. The van der Waals surface area contributed by atoms with Crippen LogP contribution in [0.25, 0.3) is 0 Å². The van der Waals surface area contributed by atoms with Crippen LogP contribution in [-0.2, 0) is 20.8 Å². The van der Waals surface area contributed by atoms with Crippen molar-refractivity contribution in [3.63, 3.8) is 0 Å². The van der Waals surface area contributed by atoms with Gasteiger partial charge in [-0.1, -0.05) is 0 Å². The highest BCUT2D eigenvalue weighted by Gasteiger charge is 2.27. The summed E-state index contributed by atoms with van der Waals surface area (Å²) in [6.07, 6.45) is 2.24. The van der Waals surface area contributed by atoms with Crippen molar-refractivity contribution in [2.45, 2.75) is 25.3 Å². The third kappa shape index (κ3) is 3.04. The van der Waals surface area contributed by atoms with Crippen LogP contribution in [0.5, 0.6) is 0 Å². The fraction of sp³-hybridized carbons (Fsp3) is 0.400. The number of nitrogens with one attached hydrogen (secondary N) is 2. The molecule has 8 heteroatoms. The quantitative estimate of drug-likeness (QED) is 0.620. The highest BCUT2D eigenvalue weighted by molar-refractivity contribution is 7.15. The molecule has 1 saturated heterocycles. The van der Waals surface area contributed by atoms with Gasteiger partial charge in [-0.2, -0.15) is 0 Å². The normalized spacial score (nSPS) is 19.4. The first-order valence-electron chi connectivity index (χ1n) is 5.38. The summed E-state index contributed by atoms with van der Waals surface area (Å²) in [6.45, 7) is 0. The Hall–Kier alpha value is -1.96. The third-order valence-electron chi connectivity index (χ3n) is 2.48. The molecular weight excluding hydrogens is 256 g/mol. The van der Waals surface area contributed by atoms with Gasteiger partial charge < -0.3 is 11.1 Å². The molecule has 18 heavy (non-hydrogen) atoms. The molecule has 1 unspecified atom stereocenters. The Kier molecular flexibility index (Phi) is 3.56. The number of carbonyl (C=O) groups excluding carboxylic acids is 3. The summed E-state index contributed by atoms with van der Waals surface area (Å²) in [6, 6.07) is -0.638. The van der Waals surface area contributed by atoms with E-state index >= 15 is 0 Å². The van der Waals surface area contributed by atoms with Crippen LogP contribution in [0.15, 0.2) is 6.20 Å². The maximum atomic E-state index is 11.7. The summed E-state index contributed by atoms with van der Waals surface area (Å²) in [5.74, 6) is -1.04. The first-order valence-corrected chi connectivity index (χ1v) is 6.19. The second-order valence-corrected chi connectivity index (χ2v) is 5.06. The Labute approximate surface area is 107 Å². The molecule has 2 heterocycles. The molecule has 4 N–H and O–H groups in total. The molecule has 0 spiro atoms. The lowest BCUT2D eigenvalue weighted by atomic mass is 10.1. The van der Waals surface area contributed by atoms with E-state index in [1.807, 2.05) is 0 Å². The molecule has 0 saturated carbocycles. The average Bonchev–Trinajstić information content (AvgIpc) is 2.68. The largest absolute Gasteiger partial charge is 0.375 e. The van der Waals surface area contributed by atoms with E-state index in [1.165, 1.54) is 17.5 Å². The van der Waals surface area contributed by atoms with Crippen LogP contribution in [0.3, 0.4) is 0 Å². The number of aromatic nitrogens is 1. The zero-order valence-electron chi connectivity index (χ0n) is 9.43. The summed E-state index contributed by atoms with van der Waals surface area (Å²) < 4.78 is 0. The SMILES string of the molecule is Nc1ncc(CC(=O)NC2CCC(=O)NC2=O)s1. The molecule has 7 nitrogen and oxygen atoms in total.